The third-order valence-electron chi connectivity index (χ3n) is 2.77. The first kappa shape index (κ1) is 15.0. The molecule has 1 aromatic carbocycles. The molecule has 0 saturated heterocycles. The zero-order valence-corrected chi connectivity index (χ0v) is 12.8. The van der Waals surface area contributed by atoms with E-state index in [0.29, 0.717) is 30.0 Å². The van der Waals surface area contributed by atoms with Crippen LogP contribution in [0.5, 0.6) is 0 Å². The van der Waals surface area contributed by atoms with Crippen molar-refractivity contribution >= 4 is 15.9 Å². The molecule has 0 unspecified atom stereocenters. The van der Waals surface area contributed by atoms with Crippen LogP contribution < -0.4 is 5.32 Å². The van der Waals surface area contributed by atoms with Crippen LogP contribution in [0.2, 0.25) is 0 Å². The van der Waals surface area contributed by atoms with E-state index in [1.165, 1.54) is 6.07 Å². The van der Waals surface area contributed by atoms with Crippen LogP contribution >= 0.6 is 15.9 Å². The van der Waals surface area contributed by atoms with Gasteiger partial charge in [-0.05, 0) is 51.0 Å². The molecule has 0 saturated carbocycles. The van der Waals surface area contributed by atoms with Crippen LogP contribution in [0.25, 0.3) is 5.69 Å². The van der Waals surface area contributed by atoms with Crippen LogP contribution in [0.1, 0.15) is 11.4 Å². The Morgan fingerprint density at radius 3 is 3.00 bits per heavy atom. The van der Waals surface area contributed by atoms with Crippen molar-refractivity contribution in [2.24, 2.45) is 0 Å². The number of tetrazole rings is 1. The summed E-state index contributed by atoms with van der Waals surface area (Å²) >= 11 is 3.17. The van der Waals surface area contributed by atoms with Crippen LogP contribution in [0, 0.1) is 12.7 Å². The van der Waals surface area contributed by atoms with E-state index in [-0.39, 0.29) is 5.82 Å². The molecule has 0 spiro atoms. The predicted molar refractivity (Wildman–Crippen MR) is 75.1 cm³/mol. The molecule has 0 fully saturated rings. The van der Waals surface area contributed by atoms with E-state index in [1.807, 2.05) is 6.92 Å². The van der Waals surface area contributed by atoms with Crippen molar-refractivity contribution in [3.05, 3.63) is 33.8 Å². The highest BCUT2D eigenvalue weighted by atomic mass is 79.9. The summed E-state index contributed by atoms with van der Waals surface area (Å²) in [5, 5.41) is 14.8. The van der Waals surface area contributed by atoms with Gasteiger partial charge in [0, 0.05) is 13.7 Å². The van der Waals surface area contributed by atoms with Crippen LogP contribution in [-0.2, 0) is 11.3 Å². The number of nitrogens with one attached hydrogen (secondary N) is 1. The summed E-state index contributed by atoms with van der Waals surface area (Å²) in [7, 11) is 1.64. The van der Waals surface area contributed by atoms with E-state index in [9.17, 15) is 4.39 Å². The molecular formula is C12H15BrFN5O. The molecule has 6 nitrogen and oxygen atoms in total. The Kier molecular flexibility index (Phi) is 5.16. The molecule has 0 aliphatic carbocycles. The zero-order valence-electron chi connectivity index (χ0n) is 11.2. The predicted octanol–water partition coefficient (Wildman–Crippen LogP) is 1.61. The average Bonchev–Trinajstić information content (AvgIpc) is 2.87. The number of aryl methyl sites for hydroxylation is 1. The van der Waals surface area contributed by atoms with Crippen LogP contribution in [0.4, 0.5) is 4.39 Å². The molecule has 2 aromatic rings. The quantitative estimate of drug-likeness (QED) is 0.807. The fraction of sp³-hybridized carbons (Fsp3) is 0.417. The minimum atomic E-state index is -0.306. The molecule has 1 heterocycles. The number of hydrogen-bond acceptors (Lipinski definition) is 5. The Morgan fingerprint density at radius 2 is 2.25 bits per heavy atom. The first-order valence-corrected chi connectivity index (χ1v) is 6.85. The maximum Gasteiger partial charge on any atom is 0.170 e. The second-order valence-corrected chi connectivity index (χ2v) is 5.08. The minimum absolute atomic E-state index is 0.306. The molecule has 0 radical (unpaired) electrons. The van der Waals surface area contributed by atoms with Crippen molar-refractivity contribution in [3.63, 3.8) is 0 Å². The summed E-state index contributed by atoms with van der Waals surface area (Å²) in [6, 6.07) is 3.11. The molecule has 8 heteroatoms. The first-order chi connectivity index (χ1) is 9.63. The fourth-order valence-corrected chi connectivity index (χ4v) is 2.07. The van der Waals surface area contributed by atoms with E-state index >= 15 is 0 Å². The molecule has 1 aromatic heterocycles. The highest BCUT2D eigenvalue weighted by Gasteiger charge is 2.12. The van der Waals surface area contributed by atoms with E-state index in [2.05, 4.69) is 36.8 Å². The Hall–Kier alpha value is -1.38. The number of halogens is 2. The van der Waals surface area contributed by atoms with Crippen molar-refractivity contribution in [2.45, 2.75) is 13.5 Å². The Morgan fingerprint density at radius 1 is 1.45 bits per heavy atom. The van der Waals surface area contributed by atoms with Crippen molar-refractivity contribution < 1.29 is 9.13 Å². The molecule has 0 aliphatic heterocycles. The number of rotatable bonds is 6. The minimum Gasteiger partial charge on any atom is -0.383 e. The van der Waals surface area contributed by atoms with Gasteiger partial charge >= 0.3 is 0 Å². The normalized spacial score (nSPS) is 11.0. The number of hydrogen-bond donors (Lipinski definition) is 1. The van der Waals surface area contributed by atoms with Gasteiger partial charge in [0.25, 0.3) is 0 Å². The lowest BCUT2D eigenvalue weighted by molar-refractivity contribution is 0.199. The first-order valence-electron chi connectivity index (χ1n) is 6.06. The SMILES string of the molecule is COCCNCc1nnnn1-c1cc(Br)c(F)cc1C. The van der Waals surface area contributed by atoms with Crippen molar-refractivity contribution in [1.82, 2.24) is 25.5 Å². The summed E-state index contributed by atoms with van der Waals surface area (Å²) in [4.78, 5) is 0. The van der Waals surface area contributed by atoms with Crippen LogP contribution in [0.15, 0.2) is 16.6 Å². The third kappa shape index (κ3) is 3.38. The van der Waals surface area contributed by atoms with E-state index in [4.69, 9.17) is 4.74 Å². The second-order valence-electron chi connectivity index (χ2n) is 4.23. The second kappa shape index (κ2) is 6.87. The zero-order chi connectivity index (χ0) is 14.5. The highest BCUT2D eigenvalue weighted by molar-refractivity contribution is 9.10. The lowest BCUT2D eigenvalue weighted by Gasteiger charge is -2.09. The smallest absolute Gasteiger partial charge is 0.170 e. The maximum absolute atomic E-state index is 13.5. The van der Waals surface area contributed by atoms with Crippen molar-refractivity contribution in [2.75, 3.05) is 20.3 Å². The molecule has 108 valence electrons. The number of methoxy groups -OCH3 is 1. The molecule has 1 N–H and O–H groups in total. The maximum atomic E-state index is 13.5. The van der Waals surface area contributed by atoms with Crippen molar-refractivity contribution in [1.29, 1.82) is 0 Å². The lowest BCUT2D eigenvalue weighted by Crippen LogP contribution is -2.21. The van der Waals surface area contributed by atoms with Gasteiger partial charge in [0.2, 0.25) is 0 Å². The average molecular weight is 344 g/mol. The summed E-state index contributed by atoms with van der Waals surface area (Å²) in [5.41, 5.74) is 1.50. The van der Waals surface area contributed by atoms with Gasteiger partial charge in [-0.2, -0.15) is 4.68 Å². The van der Waals surface area contributed by atoms with Crippen molar-refractivity contribution in [3.8, 4) is 5.69 Å². The van der Waals surface area contributed by atoms with E-state index in [0.717, 1.165) is 11.3 Å². The molecule has 2 rings (SSSR count). The summed E-state index contributed by atoms with van der Waals surface area (Å²) in [6.07, 6.45) is 0. The van der Waals surface area contributed by atoms with Gasteiger partial charge in [-0.1, -0.05) is 0 Å². The summed E-state index contributed by atoms with van der Waals surface area (Å²) in [6.45, 7) is 3.64. The monoisotopic (exact) mass is 343 g/mol. The van der Waals surface area contributed by atoms with Gasteiger partial charge in [-0.15, -0.1) is 5.10 Å². The molecule has 20 heavy (non-hydrogen) atoms. The Labute approximate surface area is 124 Å². The fourth-order valence-electron chi connectivity index (χ4n) is 1.74. The van der Waals surface area contributed by atoms with Gasteiger partial charge in [0.05, 0.1) is 23.3 Å². The molecule has 0 atom stereocenters. The molecule has 0 aliphatic rings. The summed E-state index contributed by atoms with van der Waals surface area (Å²) in [5.74, 6) is 0.349. The highest BCUT2D eigenvalue weighted by Crippen LogP contribution is 2.23. The van der Waals surface area contributed by atoms with E-state index in [1.54, 1.807) is 17.9 Å². The largest absolute Gasteiger partial charge is 0.383 e. The Balaban J connectivity index is 2.21. The molecule has 0 bridgehead atoms. The standard InChI is InChI=1S/C12H15BrFN5O/c1-8-5-10(14)9(13)6-11(8)19-12(16-17-18-19)7-15-3-4-20-2/h5-6,15H,3-4,7H2,1-2H3. The van der Waals surface area contributed by atoms with Crippen LogP contribution in [0.3, 0.4) is 0 Å². The lowest BCUT2D eigenvalue weighted by atomic mass is 10.2. The summed E-state index contributed by atoms with van der Waals surface area (Å²) < 4.78 is 20.4. The number of benzene rings is 1. The Bertz CT molecular complexity index is 589. The molecular weight excluding hydrogens is 329 g/mol. The molecule has 0 amide bonds. The van der Waals surface area contributed by atoms with Gasteiger partial charge < -0.3 is 10.1 Å². The topological polar surface area (TPSA) is 64.9 Å². The van der Waals surface area contributed by atoms with Gasteiger partial charge in [-0.25, -0.2) is 4.39 Å². The number of nitrogens with zero attached hydrogens (tertiary/aromatic N) is 4. The van der Waals surface area contributed by atoms with Crippen LogP contribution in [-0.4, -0.2) is 40.5 Å². The van der Waals surface area contributed by atoms with Gasteiger partial charge in [0.15, 0.2) is 5.82 Å². The van der Waals surface area contributed by atoms with Gasteiger partial charge in [0.1, 0.15) is 5.82 Å². The number of aromatic nitrogens is 4. The third-order valence-corrected chi connectivity index (χ3v) is 3.37. The van der Waals surface area contributed by atoms with Gasteiger partial charge in [-0.3, -0.25) is 0 Å². The number of ether oxygens (including phenoxy) is 1. The van der Waals surface area contributed by atoms with E-state index < -0.39 is 0 Å².